The SMILES string of the molecule is CC(C)C[C@H](N)C(=O)N1CCCC1CN[C@@H](CCCCN)C(N)=O. The molecule has 1 heterocycles. The summed E-state index contributed by atoms with van der Waals surface area (Å²) < 4.78 is 0. The molecule has 1 rings (SSSR count). The number of hydrogen-bond acceptors (Lipinski definition) is 5. The van der Waals surface area contributed by atoms with Crippen molar-refractivity contribution in [2.24, 2.45) is 23.1 Å². The maximum absolute atomic E-state index is 12.5. The highest BCUT2D eigenvalue weighted by molar-refractivity contribution is 5.82. The molecule has 140 valence electrons. The smallest absolute Gasteiger partial charge is 0.239 e. The zero-order chi connectivity index (χ0) is 18.1. The van der Waals surface area contributed by atoms with E-state index in [1.807, 2.05) is 4.90 Å². The average molecular weight is 342 g/mol. The summed E-state index contributed by atoms with van der Waals surface area (Å²) in [5.41, 5.74) is 17.0. The minimum atomic E-state index is -0.443. The van der Waals surface area contributed by atoms with Crippen molar-refractivity contribution in [3.8, 4) is 0 Å². The molecule has 1 aliphatic rings. The summed E-state index contributed by atoms with van der Waals surface area (Å²) in [6.07, 6.45) is 5.02. The number of carbonyl (C=O) groups excluding carboxylic acids is 2. The van der Waals surface area contributed by atoms with Crippen LogP contribution in [0, 0.1) is 5.92 Å². The van der Waals surface area contributed by atoms with Crippen LogP contribution in [-0.4, -0.2) is 54.5 Å². The lowest BCUT2D eigenvalue weighted by Crippen LogP contribution is -2.51. The van der Waals surface area contributed by atoms with E-state index < -0.39 is 6.04 Å². The Bertz CT molecular complexity index is 402. The minimum absolute atomic E-state index is 0.0201. The van der Waals surface area contributed by atoms with Gasteiger partial charge in [-0.3, -0.25) is 9.59 Å². The highest BCUT2D eigenvalue weighted by Gasteiger charge is 2.32. The highest BCUT2D eigenvalue weighted by Crippen LogP contribution is 2.19. The van der Waals surface area contributed by atoms with Crippen LogP contribution in [-0.2, 0) is 9.59 Å². The third-order valence-electron chi connectivity index (χ3n) is 4.59. The topological polar surface area (TPSA) is 127 Å². The third kappa shape index (κ3) is 6.75. The summed E-state index contributed by atoms with van der Waals surface area (Å²) in [6.45, 7) is 6.07. The van der Waals surface area contributed by atoms with E-state index in [0.29, 0.717) is 31.8 Å². The molecule has 0 bridgehead atoms. The van der Waals surface area contributed by atoms with Gasteiger partial charge in [-0.15, -0.1) is 0 Å². The Morgan fingerprint density at radius 1 is 1.29 bits per heavy atom. The van der Waals surface area contributed by atoms with Gasteiger partial charge in [-0.05, 0) is 44.6 Å². The van der Waals surface area contributed by atoms with Crippen molar-refractivity contribution in [2.75, 3.05) is 19.6 Å². The number of primary amides is 1. The normalized spacial score (nSPS) is 20.4. The number of carbonyl (C=O) groups is 2. The minimum Gasteiger partial charge on any atom is -0.368 e. The molecule has 7 N–H and O–H groups in total. The van der Waals surface area contributed by atoms with Crippen LogP contribution in [0.15, 0.2) is 0 Å². The van der Waals surface area contributed by atoms with Gasteiger partial charge in [-0.25, -0.2) is 0 Å². The molecule has 0 aromatic carbocycles. The first-order valence-corrected chi connectivity index (χ1v) is 9.15. The number of unbranched alkanes of at least 4 members (excludes halogenated alkanes) is 1. The second-order valence-electron chi connectivity index (χ2n) is 7.21. The fourth-order valence-electron chi connectivity index (χ4n) is 3.28. The number of nitrogens with zero attached hydrogens (tertiary/aromatic N) is 1. The van der Waals surface area contributed by atoms with Crippen molar-refractivity contribution in [1.29, 1.82) is 0 Å². The summed E-state index contributed by atoms with van der Waals surface area (Å²) in [4.78, 5) is 26.0. The molecule has 3 atom stereocenters. The molecule has 7 heteroatoms. The van der Waals surface area contributed by atoms with E-state index in [9.17, 15) is 9.59 Å². The van der Waals surface area contributed by atoms with Gasteiger partial charge < -0.3 is 27.4 Å². The van der Waals surface area contributed by atoms with Crippen molar-refractivity contribution in [3.05, 3.63) is 0 Å². The zero-order valence-corrected chi connectivity index (χ0v) is 15.2. The maximum atomic E-state index is 12.5. The van der Waals surface area contributed by atoms with Crippen LogP contribution in [0.2, 0.25) is 0 Å². The largest absolute Gasteiger partial charge is 0.368 e. The molecule has 1 aliphatic heterocycles. The first kappa shape index (κ1) is 20.9. The number of nitrogens with two attached hydrogens (primary N) is 3. The van der Waals surface area contributed by atoms with Crippen LogP contribution in [0.5, 0.6) is 0 Å². The zero-order valence-electron chi connectivity index (χ0n) is 15.2. The quantitative estimate of drug-likeness (QED) is 0.391. The molecule has 1 fully saturated rings. The van der Waals surface area contributed by atoms with Gasteiger partial charge >= 0.3 is 0 Å². The van der Waals surface area contributed by atoms with Crippen molar-refractivity contribution in [2.45, 2.75) is 70.5 Å². The Labute approximate surface area is 145 Å². The molecule has 24 heavy (non-hydrogen) atoms. The van der Waals surface area contributed by atoms with E-state index in [0.717, 1.165) is 32.2 Å². The van der Waals surface area contributed by atoms with Crippen LogP contribution in [0.25, 0.3) is 0 Å². The van der Waals surface area contributed by atoms with Crippen LogP contribution in [0.3, 0.4) is 0 Å². The van der Waals surface area contributed by atoms with Crippen LogP contribution < -0.4 is 22.5 Å². The van der Waals surface area contributed by atoms with Gasteiger partial charge in [0.2, 0.25) is 11.8 Å². The van der Waals surface area contributed by atoms with E-state index in [1.165, 1.54) is 0 Å². The second-order valence-corrected chi connectivity index (χ2v) is 7.21. The van der Waals surface area contributed by atoms with E-state index >= 15 is 0 Å². The van der Waals surface area contributed by atoms with Gasteiger partial charge in [0.25, 0.3) is 0 Å². The number of rotatable bonds is 11. The first-order chi connectivity index (χ1) is 11.4. The Balaban J connectivity index is 2.52. The van der Waals surface area contributed by atoms with Gasteiger partial charge in [0.15, 0.2) is 0 Å². The predicted molar refractivity (Wildman–Crippen MR) is 96.1 cm³/mol. The number of likely N-dealkylation sites (tertiary alicyclic amines) is 1. The van der Waals surface area contributed by atoms with Crippen LogP contribution in [0.1, 0.15) is 52.4 Å². The van der Waals surface area contributed by atoms with Gasteiger partial charge in [-0.1, -0.05) is 20.3 Å². The molecule has 0 saturated carbocycles. The highest BCUT2D eigenvalue weighted by atomic mass is 16.2. The lowest BCUT2D eigenvalue weighted by atomic mass is 10.0. The summed E-state index contributed by atoms with van der Waals surface area (Å²) >= 11 is 0. The fraction of sp³-hybridized carbons (Fsp3) is 0.882. The Kier molecular flexibility index (Phi) is 9.25. The monoisotopic (exact) mass is 341 g/mol. The number of nitrogens with one attached hydrogen (secondary N) is 1. The van der Waals surface area contributed by atoms with Gasteiger partial charge in [0.1, 0.15) is 0 Å². The van der Waals surface area contributed by atoms with Crippen molar-refractivity contribution >= 4 is 11.8 Å². The molecule has 1 unspecified atom stereocenters. The van der Waals surface area contributed by atoms with Crippen molar-refractivity contribution < 1.29 is 9.59 Å². The molecule has 0 radical (unpaired) electrons. The Hall–Kier alpha value is -1.18. The Morgan fingerprint density at radius 3 is 2.58 bits per heavy atom. The molecular formula is C17H35N5O2. The molecule has 0 aromatic heterocycles. The van der Waals surface area contributed by atoms with Crippen molar-refractivity contribution in [1.82, 2.24) is 10.2 Å². The molecule has 1 saturated heterocycles. The van der Waals surface area contributed by atoms with Crippen LogP contribution >= 0.6 is 0 Å². The Morgan fingerprint density at radius 2 is 2.00 bits per heavy atom. The lowest BCUT2D eigenvalue weighted by Gasteiger charge is -2.29. The van der Waals surface area contributed by atoms with E-state index in [1.54, 1.807) is 0 Å². The predicted octanol–water partition coefficient (Wildman–Crippen LogP) is -0.0767. The molecular weight excluding hydrogens is 306 g/mol. The summed E-state index contributed by atoms with van der Waals surface area (Å²) in [7, 11) is 0. The maximum Gasteiger partial charge on any atom is 0.239 e. The molecule has 2 amide bonds. The number of amides is 2. The molecule has 0 spiro atoms. The standard InChI is InChI=1S/C17H35N5O2/c1-12(2)10-14(19)17(24)22-9-5-6-13(22)11-21-15(16(20)23)7-3-4-8-18/h12-15,21H,3-11,18-19H2,1-2H3,(H2,20,23)/t13?,14-,15-/m0/s1. The van der Waals surface area contributed by atoms with Crippen molar-refractivity contribution in [3.63, 3.8) is 0 Å². The molecule has 0 aliphatic carbocycles. The van der Waals surface area contributed by atoms with E-state index in [4.69, 9.17) is 17.2 Å². The molecule has 7 nitrogen and oxygen atoms in total. The third-order valence-corrected chi connectivity index (χ3v) is 4.59. The van der Waals surface area contributed by atoms with Gasteiger partial charge in [0, 0.05) is 19.1 Å². The average Bonchev–Trinajstić information content (AvgIpc) is 2.97. The first-order valence-electron chi connectivity index (χ1n) is 9.15. The number of hydrogen-bond donors (Lipinski definition) is 4. The van der Waals surface area contributed by atoms with E-state index in [2.05, 4.69) is 19.2 Å². The summed E-state index contributed by atoms with van der Waals surface area (Å²) in [5, 5.41) is 3.23. The summed E-state index contributed by atoms with van der Waals surface area (Å²) in [5.74, 6) is 0.0658. The van der Waals surface area contributed by atoms with E-state index in [-0.39, 0.29) is 23.9 Å². The van der Waals surface area contributed by atoms with Gasteiger partial charge in [0.05, 0.1) is 12.1 Å². The van der Waals surface area contributed by atoms with Gasteiger partial charge in [-0.2, -0.15) is 0 Å². The fourth-order valence-corrected chi connectivity index (χ4v) is 3.28. The molecule has 0 aromatic rings. The second kappa shape index (κ2) is 10.6. The van der Waals surface area contributed by atoms with Crippen LogP contribution in [0.4, 0.5) is 0 Å². The summed E-state index contributed by atoms with van der Waals surface area (Å²) in [6, 6.07) is -0.715. The lowest BCUT2D eigenvalue weighted by molar-refractivity contribution is -0.133.